The smallest absolute Gasteiger partial charge is 0.241 e. The molecule has 1 atom stereocenters. The fourth-order valence-electron chi connectivity index (χ4n) is 3.80. The van der Waals surface area contributed by atoms with Crippen LogP contribution in [0.1, 0.15) is 48.4 Å². The Kier molecular flexibility index (Phi) is 7.15. The highest BCUT2D eigenvalue weighted by Crippen LogP contribution is 2.31. The van der Waals surface area contributed by atoms with Gasteiger partial charge in [0.1, 0.15) is 5.75 Å². The SMILES string of the molecule is COc1ccc(C2CCCCCN2C(=O)CNS(=O)(=O)c2ccc(C)c(C)c2)cc1. The molecule has 1 heterocycles. The predicted octanol–water partition coefficient (Wildman–Crippen LogP) is 3.73. The largest absolute Gasteiger partial charge is 0.497 e. The van der Waals surface area contributed by atoms with Crippen LogP contribution < -0.4 is 9.46 Å². The number of carbonyl (C=O) groups excluding carboxylic acids is 1. The lowest BCUT2D eigenvalue weighted by molar-refractivity contribution is -0.132. The van der Waals surface area contributed by atoms with Gasteiger partial charge in [0, 0.05) is 6.54 Å². The fourth-order valence-corrected chi connectivity index (χ4v) is 4.86. The third-order valence-electron chi connectivity index (χ3n) is 5.78. The Morgan fingerprint density at radius 2 is 1.80 bits per heavy atom. The van der Waals surface area contributed by atoms with Gasteiger partial charge >= 0.3 is 0 Å². The number of hydrogen-bond donors (Lipinski definition) is 1. The molecule has 0 spiro atoms. The van der Waals surface area contributed by atoms with E-state index in [0.717, 1.165) is 48.1 Å². The maximum Gasteiger partial charge on any atom is 0.241 e. The third-order valence-corrected chi connectivity index (χ3v) is 7.17. The summed E-state index contributed by atoms with van der Waals surface area (Å²) in [6.45, 7) is 4.18. The molecule has 1 aliphatic rings. The van der Waals surface area contributed by atoms with Gasteiger partial charge in [-0.2, -0.15) is 0 Å². The van der Waals surface area contributed by atoms with Crippen molar-refractivity contribution in [1.29, 1.82) is 0 Å². The van der Waals surface area contributed by atoms with Crippen molar-refractivity contribution >= 4 is 15.9 Å². The van der Waals surface area contributed by atoms with E-state index < -0.39 is 10.0 Å². The first kappa shape index (κ1) is 22.3. The van der Waals surface area contributed by atoms with Crippen LogP contribution in [0.15, 0.2) is 47.4 Å². The summed E-state index contributed by atoms with van der Waals surface area (Å²) < 4.78 is 33.1. The lowest BCUT2D eigenvalue weighted by Gasteiger charge is -2.30. The van der Waals surface area contributed by atoms with Crippen LogP contribution in [0.3, 0.4) is 0 Å². The van der Waals surface area contributed by atoms with Gasteiger partial charge in [0.05, 0.1) is 24.6 Å². The lowest BCUT2D eigenvalue weighted by atomic mass is 10.0. The van der Waals surface area contributed by atoms with Crippen LogP contribution >= 0.6 is 0 Å². The Bertz CT molecular complexity index is 987. The van der Waals surface area contributed by atoms with Crippen LogP contribution in [0.5, 0.6) is 5.75 Å². The fraction of sp³-hybridized carbons (Fsp3) is 0.435. The summed E-state index contributed by atoms with van der Waals surface area (Å²) in [5.74, 6) is 0.566. The van der Waals surface area contributed by atoms with Crippen LogP contribution in [0.4, 0.5) is 0 Å². The Balaban J connectivity index is 1.74. The zero-order chi connectivity index (χ0) is 21.7. The highest BCUT2D eigenvalue weighted by Gasteiger charge is 2.28. The van der Waals surface area contributed by atoms with Gasteiger partial charge in [-0.3, -0.25) is 4.79 Å². The number of likely N-dealkylation sites (tertiary alicyclic amines) is 1. The first-order valence-electron chi connectivity index (χ1n) is 10.3. The van der Waals surface area contributed by atoms with Crippen molar-refractivity contribution in [3.63, 3.8) is 0 Å². The normalized spacial score (nSPS) is 17.4. The standard InChI is InChI=1S/C23H30N2O4S/c1-17-8-13-21(15-18(17)2)30(27,28)24-16-23(26)25-14-6-4-5-7-22(25)19-9-11-20(29-3)12-10-19/h8-13,15,22,24H,4-7,14,16H2,1-3H3. The number of carbonyl (C=O) groups is 1. The molecule has 0 aliphatic carbocycles. The van der Waals surface area contributed by atoms with E-state index in [9.17, 15) is 13.2 Å². The highest BCUT2D eigenvalue weighted by atomic mass is 32.2. The number of nitrogens with zero attached hydrogens (tertiary/aromatic N) is 1. The molecule has 0 aromatic heterocycles. The molecule has 1 saturated heterocycles. The number of aryl methyl sites for hydroxylation is 2. The molecule has 1 fully saturated rings. The van der Waals surface area contributed by atoms with Crippen LogP contribution in [0.25, 0.3) is 0 Å². The Hall–Kier alpha value is -2.38. The van der Waals surface area contributed by atoms with Gasteiger partial charge in [-0.25, -0.2) is 13.1 Å². The Morgan fingerprint density at radius 3 is 2.47 bits per heavy atom. The second-order valence-electron chi connectivity index (χ2n) is 7.80. The molecule has 1 N–H and O–H groups in total. The minimum Gasteiger partial charge on any atom is -0.497 e. The molecule has 30 heavy (non-hydrogen) atoms. The van der Waals surface area contributed by atoms with Gasteiger partial charge < -0.3 is 9.64 Å². The van der Waals surface area contributed by atoms with Crippen LogP contribution in [0.2, 0.25) is 0 Å². The van der Waals surface area contributed by atoms with Crippen molar-refractivity contribution < 1.29 is 17.9 Å². The van der Waals surface area contributed by atoms with E-state index in [0.29, 0.717) is 6.54 Å². The molecule has 2 aromatic carbocycles. The molecular formula is C23H30N2O4S. The molecule has 3 rings (SSSR count). The van der Waals surface area contributed by atoms with Crippen molar-refractivity contribution in [2.24, 2.45) is 0 Å². The van der Waals surface area contributed by atoms with E-state index in [2.05, 4.69) is 4.72 Å². The first-order chi connectivity index (χ1) is 14.3. The van der Waals surface area contributed by atoms with Crippen LogP contribution in [-0.2, 0) is 14.8 Å². The number of benzene rings is 2. The summed E-state index contributed by atoms with van der Waals surface area (Å²) in [5, 5.41) is 0. The summed E-state index contributed by atoms with van der Waals surface area (Å²) in [4.78, 5) is 15.0. The van der Waals surface area contributed by atoms with Gasteiger partial charge in [-0.1, -0.05) is 31.0 Å². The van der Waals surface area contributed by atoms with Gasteiger partial charge in [-0.05, 0) is 67.6 Å². The summed E-state index contributed by atoms with van der Waals surface area (Å²) in [5.41, 5.74) is 2.97. The third kappa shape index (κ3) is 5.21. The van der Waals surface area contributed by atoms with Gasteiger partial charge in [0.2, 0.25) is 15.9 Å². The molecule has 162 valence electrons. The zero-order valence-corrected chi connectivity index (χ0v) is 18.7. The molecule has 0 radical (unpaired) electrons. The van der Waals surface area contributed by atoms with Crippen molar-refractivity contribution in [2.45, 2.75) is 50.5 Å². The average Bonchev–Trinajstić information content (AvgIpc) is 3.00. The monoisotopic (exact) mass is 430 g/mol. The van der Waals surface area contributed by atoms with E-state index in [-0.39, 0.29) is 23.4 Å². The molecule has 1 amide bonds. The van der Waals surface area contributed by atoms with Crippen molar-refractivity contribution in [1.82, 2.24) is 9.62 Å². The maximum atomic E-state index is 13.0. The molecule has 7 heteroatoms. The quantitative estimate of drug-likeness (QED) is 0.758. The second kappa shape index (κ2) is 9.62. The topological polar surface area (TPSA) is 75.7 Å². The Labute approximate surface area is 179 Å². The Morgan fingerprint density at radius 1 is 1.07 bits per heavy atom. The van der Waals surface area contributed by atoms with Crippen molar-refractivity contribution in [2.75, 3.05) is 20.2 Å². The van der Waals surface area contributed by atoms with E-state index in [1.165, 1.54) is 0 Å². The molecular weight excluding hydrogens is 400 g/mol. The van der Waals surface area contributed by atoms with Crippen molar-refractivity contribution in [3.05, 3.63) is 59.2 Å². The lowest BCUT2D eigenvalue weighted by Crippen LogP contribution is -2.42. The van der Waals surface area contributed by atoms with Gasteiger partial charge in [0.15, 0.2) is 0 Å². The number of rotatable bonds is 6. The summed E-state index contributed by atoms with van der Waals surface area (Å²) in [6.07, 6.45) is 3.88. The zero-order valence-electron chi connectivity index (χ0n) is 17.8. The van der Waals surface area contributed by atoms with Gasteiger partial charge in [-0.15, -0.1) is 0 Å². The summed E-state index contributed by atoms with van der Waals surface area (Å²) >= 11 is 0. The minimum atomic E-state index is -3.75. The van der Waals surface area contributed by atoms with Crippen LogP contribution in [0, 0.1) is 13.8 Å². The number of hydrogen-bond acceptors (Lipinski definition) is 4. The molecule has 0 saturated carbocycles. The second-order valence-corrected chi connectivity index (χ2v) is 9.56. The van der Waals surface area contributed by atoms with E-state index >= 15 is 0 Å². The number of amides is 1. The minimum absolute atomic E-state index is 0.0583. The molecule has 2 aromatic rings. The maximum absolute atomic E-state index is 13.0. The van der Waals surface area contributed by atoms with Crippen LogP contribution in [-0.4, -0.2) is 39.4 Å². The summed E-state index contributed by atoms with van der Waals surface area (Å²) in [7, 11) is -2.12. The molecule has 1 unspecified atom stereocenters. The summed E-state index contributed by atoms with van der Waals surface area (Å²) in [6, 6.07) is 12.7. The number of nitrogens with one attached hydrogen (secondary N) is 1. The molecule has 0 bridgehead atoms. The first-order valence-corrected chi connectivity index (χ1v) is 11.8. The predicted molar refractivity (Wildman–Crippen MR) is 117 cm³/mol. The van der Waals surface area contributed by atoms with Crippen molar-refractivity contribution in [3.8, 4) is 5.75 Å². The molecule has 1 aliphatic heterocycles. The highest BCUT2D eigenvalue weighted by molar-refractivity contribution is 7.89. The number of sulfonamides is 1. The van der Waals surface area contributed by atoms with E-state index in [4.69, 9.17) is 4.74 Å². The number of ether oxygens (including phenoxy) is 1. The van der Waals surface area contributed by atoms with Gasteiger partial charge in [0.25, 0.3) is 0 Å². The molecule has 6 nitrogen and oxygen atoms in total. The van der Waals surface area contributed by atoms with E-state index in [1.807, 2.05) is 43.0 Å². The average molecular weight is 431 g/mol. The number of methoxy groups -OCH3 is 1. The van der Waals surface area contributed by atoms with E-state index in [1.54, 1.807) is 25.3 Å².